The summed E-state index contributed by atoms with van der Waals surface area (Å²) in [5.41, 5.74) is 2.59. The Labute approximate surface area is 164 Å². The molecule has 0 atom stereocenters. The van der Waals surface area contributed by atoms with Crippen LogP contribution in [0.5, 0.6) is 0 Å². The lowest BCUT2D eigenvalue weighted by molar-refractivity contribution is 0.579. The zero-order valence-electron chi connectivity index (χ0n) is 15.5. The van der Waals surface area contributed by atoms with Gasteiger partial charge in [-0.3, -0.25) is 14.3 Å². The molecule has 0 fully saturated rings. The van der Waals surface area contributed by atoms with Gasteiger partial charge in [-0.25, -0.2) is 9.97 Å². The van der Waals surface area contributed by atoms with Crippen LogP contribution in [0.1, 0.15) is 19.9 Å². The van der Waals surface area contributed by atoms with Crippen molar-refractivity contribution in [1.29, 1.82) is 0 Å². The first kappa shape index (κ1) is 18.1. The highest BCUT2D eigenvalue weighted by molar-refractivity contribution is 6.30. The predicted molar refractivity (Wildman–Crippen MR) is 107 cm³/mol. The molecule has 0 bridgehead atoms. The molecule has 0 saturated heterocycles. The molecule has 0 spiro atoms. The number of rotatable bonds is 3. The second kappa shape index (κ2) is 6.72. The van der Waals surface area contributed by atoms with Crippen LogP contribution in [0, 0.1) is 0 Å². The molecule has 1 N–H and O–H groups in total. The summed E-state index contributed by atoms with van der Waals surface area (Å²) in [7, 11) is 1.80. The van der Waals surface area contributed by atoms with E-state index in [1.54, 1.807) is 46.9 Å². The first-order valence-electron chi connectivity index (χ1n) is 8.66. The molecule has 0 aliphatic heterocycles. The Hall–Kier alpha value is -3.26. The lowest BCUT2D eigenvalue weighted by Gasteiger charge is -2.14. The fraction of sp³-hybridized carbons (Fsp3) is 0.211. The van der Waals surface area contributed by atoms with E-state index in [0.29, 0.717) is 33.8 Å². The Bertz CT molecular complexity index is 1320. The van der Waals surface area contributed by atoms with E-state index in [1.165, 1.54) is 6.07 Å². The number of nitrogens with zero attached hydrogens (tertiary/aromatic N) is 5. The average Bonchev–Trinajstić information content (AvgIpc) is 3.08. The highest BCUT2D eigenvalue weighted by Gasteiger charge is 2.18. The van der Waals surface area contributed by atoms with Crippen LogP contribution in [-0.4, -0.2) is 29.3 Å². The summed E-state index contributed by atoms with van der Waals surface area (Å²) in [5.74, 6) is 0. The third-order valence-electron chi connectivity index (χ3n) is 4.34. The standard InChI is InChI=1S/C19H17ClN6O2/c1-10(2)26-9-11(8-12(20)19(26)28)16-17(13-6-7-25(3)24-13)23-18-14(21-16)4-5-15(27)22-18/h4-10H,1-3H3,(H,22,23,27). The van der Waals surface area contributed by atoms with E-state index in [2.05, 4.69) is 20.1 Å². The van der Waals surface area contributed by atoms with Gasteiger partial charge in [0.15, 0.2) is 5.65 Å². The van der Waals surface area contributed by atoms with Gasteiger partial charge in [0.2, 0.25) is 5.56 Å². The van der Waals surface area contributed by atoms with Crippen molar-refractivity contribution in [3.63, 3.8) is 0 Å². The molecule has 0 aromatic carbocycles. The van der Waals surface area contributed by atoms with E-state index >= 15 is 0 Å². The minimum absolute atomic E-state index is 0.0759. The Kier molecular flexibility index (Phi) is 4.35. The molecule has 4 heterocycles. The quantitative estimate of drug-likeness (QED) is 0.574. The van der Waals surface area contributed by atoms with E-state index in [-0.39, 0.29) is 22.2 Å². The second-order valence-electron chi connectivity index (χ2n) is 6.73. The van der Waals surface area contributed by atoms with Gasteiger partial charge in [0, 0.05) is 37.1 Å². The van der Waals surface area contributed by atoms with E-state index in [0.717, 1.165) is 0 Å². The molecule has 4 rings (SSSR count). The summed E-state index contributed by atoms with van der Waals surface area (Å²) >= 11 is 6.21. The first-order chi connectivity index (χ1) is 13.3. The number of H-pyrrole nitrogens is 1. The Balaban J connectivity index is 2.07. The van der Waals surface area contributed by atoms with E-state index in [1.807, 2.05) is 13.8 Å². The molecule has 4 aromatic heterocycles. The number of hydrogen-bond acceptors (Lipinski definition) is 5. The minimum Gasteiger partial charge on any atom is -0.311 e. The molecule has 142 valence electrons. The van der Waals surface area contributed by atoms with Gasteiger partial charge in [-0.1, -0.05) is 11.6 Å². The number of nitrogens with one attached hydrogen (secondary N) is 1. The van der Waals surface area contributed by atoms with E-state index < -0.39 is 0 Å². The molecule has 9 heteroatoms. The molecular formula is C19H17ClN6O2. The van der Waals surface area contributed by atoms with Crippen molar-refractivity contribution in [2.75, 3.05) is 0 Å². The smallest absolute Gasteiger partial charge is 0.269 e. The lowest BCUT2D eigenvalue weighted by Crippen LogP contribution is -2.22. The van der Waals surface area contributed by atoms with Gasteiger partial charge in [-0.15, -0.1) is 0 Å². The van der Waals surface area contributed by atoms with Crippen molar-refractivity contribution in [3.8, 4) is 22.6 Å². The van der Waals surface area contributed by atoms with E-state index in [9.17, 15) is 9.59 Å². The summed E-state index contributed by atoms with van der Waals surface area (Å²) in [5, 5.41) is 4.51. The normalized spacial score (nSPS) is 11.5. The second-order valence-corrected chi connectivity index (χ2v) is 7.14. The van der Waals surface area contributed by atoms with Crippen molar-refractivity contribution < 1.29 is 0 Å². The average molecular weight is 397 g/mol. The number of aryl methyl sites for hydroxylation is 1. The molecule has 8 nitrogen and oxygen atoms in total. The van der Waals surface area contributed by atoms with Crippen molar-refractivity contribution >= 4 is 22.8 Å². The van der Waals surface area contributed by atoms with Gasteiger partial charge < -0.3 is 9.55 Å². The monoisotopic (exact) mass is 396 g/mol. The zero-order valence-corrected chi connectivity index (χ0v) is 16.2. The summed E-state index contributed by atoms with van der Waals surface area (Å²) < 4.78 is 3.21. The minimum atomic E-state index is -0.266. The molecule has 28 heavy (non-hydrogen) atoms. The van der Waals surface area contributed by atoms with Crippen LogP contribution in [0.2, 0.25) is 5.02 Å². The van der Waals surface area contributed by atoms with E-state index in [4.69, 9.17) is 11.6 Å². The van der Waals surface area contributed by atoms with Gasteiger partial charge in [0.05, 0.1) is 0 Å². The molecular weight excluding hydrogens is 380 g/mol. The summed E-state index contributed by atoms with van der Waals surface area (Å²) in [4.78, 5) is 36.0. The van der Waals surface area contributed by atoms with Crippen LogP contribution in [-0.2, 0) is 7.05 Å². The summed E-state index contributed by atoms with van der Waals surface area (Å²) in [6.07, 6.45) is 3.51. The lowest BCUT2D eigenvalue weighted by atomic mass is 10.1. The summed E-state index contributed by atoms with van der Waals surface area (Å²) in [6, 6.07) is 6.31. The maximum atomic E-state index is 12.3. The number of halogens is 1. The van der Waals surface area contributed by atoms with Crippen LogP contribution >= 0.6 is 11.6 Å². The number of aromatic amines is 1. The van der Waals surface area contributed by atoms with Gasteiger partial charge in [-0.2, -0.15) is 5.10 Å². The fourth-order valence-electron chi connectivity index (χ4n) is 2.97. The molecule has 0 unspecified atom stereocenters. The molecule has 0 aliphatic rings. The van der Waals surface area contributed by atoms with Gasteiger partial charge in [0.25, 0.3) is 5.56 Å². The number of aromatic nitrogens is 6. The van der Waals surface area contributed by atoms with Crippen molar-refractivity contribution in [3.05, 3.63) is 62.4 Å². The molecule has 0 aliphatic carbocycles. The van der Waals surface area contributed by atoms with Crippen molar-refractivity contribution in [2.45, 2.75) is 19.9 Å². The Morgan fingerprint density at radius 1 is 1.11 bits per heavy atom. The van der Waals surface area contributed by atoms with Crippen LogP contribution < -0.4 is 11.1 Å². The van der Waals surface area contributed by atoms with Crippen molar-refractivity contribution in [2.24, 2.45) is 7.05 Å². The molecule has 0 saturated carbocycles. The van der Waals surface area contributed by atoms with Gasteiger partial charge in [-0.05, 0) is 32.0 Å². The highest BCUT2D eigenvalue weighted by atomic mass is 35.5. The SMILES string of the molecule is CC(C)n1cc(-c2nc3ccc(=O)[nH]c3nc2-c2ccn(C)n2)cc(Cl)c1=O. The third kappa shape index (κ3) is 3.11. The van der Waals surface area contributed by atoms with Crippen LogP contribution in [0.15, 0.2) is 46.2 Å². The van der Waals surface area contributed by atoms with Crippen molar-refractivity contribution in [1.82, 2.24) is 29.3 Å². The topological polar surface area (TPSA) is 98.5 Å². The largest absolute Gasteiger partial charge is 0.311 e. The number of fused-ring (bicyclic) bond motifs is 1. The molecule has 4 aromatic rings. The van der Waals surface area contributed by atoms with Gasteiger partial charge in [0.1, 0.15) is 27.6 Å². The van der Waals surface area contributed by atoms with Crippen LogP contribution in [0.4, 0.5) is 0 Å². The number of hydrogen-bond donors (Lipinski definition) is 1. The fourth-order valence-corrected chi connectivity index (χ4v) is 3.19. The van der Waals surface area contributed by atoms with Crippen LogP contribution in [0.25, 0.3) is 33.8 Å². The first-order valence-corrected chi connectivity index (χ1v) is 9.04. The van der Waals surface area contributed by atoms with Gasteiger partial charge >= 0.3 is 0 Å². The maximum Gasteiger partial charge on any atom is 0.269 e. The zero-order chi connectivity index (χ0) is 20.0. The molecule has 0 amide bonds. The summed E-state index contributed by atoms with van der Waals surface area (Å²) in [6.45, 7) is 3.80. The third-order valence-corrected chi connectivity index (χ3v) is 4.61. The Morgan fingerprint density at radius 2 is 1.89 bits per heavy atom. The Morgan fingerprint density at radius 3 is 2.57 bits per heavy atom. The van der Waals surface area contributed by atoms with Crippen LogP contribution in [0.3, 0.4) is 0 Å². The predicted octanol–water partition coefficient (Wildman–Crippen LogP) is 2.78. The number of pyridine rings is 2. The molecule has 0 radical (unpaired) electrons. The highest BCUT2D eigenvalue weighted by Crippen LogP contribution is 2.30. The maximum absolute atomic E-state index is 12.3.